The quantitative estimate of drug-likeness (QED) is 0.838. The van der Waals surface area contributed by atoms with Crippen LogP contribution in [-0.2, 0) is 0 Å². The molecule has 0 unspecified atom stereocenters. The fourth-order valence-corrected chi connectivity index (χ4v) is 1.76. The van der Waals surface area contributed by atoms with Crippen LogP contribution in [0.1, 0.15) is 0 Å². The Morgan fingerprint density at radius 1 is 1.00 bits per heavy atom. The highest BCUT2D eigenvalue weighted by molar-refractivity contribution is 5.69. The van der Waals surface area contributed by atoms with Gasteiger partial charge in [0.25, 0.3) is 0 Å². The first-order valence-electron chi connectivity index (χ1n) is 6.15. The summed E-state index contributed by atoms with van der Waals surface area (Å²) in [7, 11) is 0. The van der Waals surface area contributed by atoms with E-state index in [1.165, 1.54) is 6.07 Å². The molecule has 0 atom stereocenters. The predicted octanol–water partition coefficient (Wildman–Crippen LogP) is 2.69. The van der Waals surface area contributed by atoms with Crippen molar-refractivity contribution in [2.24, 2.45) is 0 Å². The van der Waals surface area contributed by atoms with Crippen LogP contribution in [-0.4, -0.2) is 10.1 Å². The largest absolute Gasteiger partial charge is 0.506 e. The smallest absolute Gasteiger partial charge is 0.163 e. The number of nitriles is 3. The van der Waals surface area contributed by atoms with E-state index >= 15 is 0 Å². The first kappa shape index (κ1) is 14.6. The molecule has 0 saturated heterocycles. The summed E-state index contributed by atoms with van der Waals surface area (Å²) in [5, 5.41) is 39.0. The van der Waals surface area contributed by atoms with Gasteiger partial charge in [0.15, 0.2) is 5.57 Å². The van der Waals surface area contributed by atoms with Gasteiger partial charge < -0.3 is 10.4 Å². The second-order valence-electron chi connectivity index (χ2n) is 4.16. The number of hydrogen-bond donors (Lipinski definition) is 2. The lowest BCUT2D eigenvalue weighted by atomic mass is 10.1. The minimum atomic E-state index is -0.283. The maximum atomic E-state index is 9.75. The number of aromatic nitrogens is 1. The maximum absolute atomic E-state index is 9.75. The van der Waals surface area contributed by atoms with E-state index in [2.05, 4.69) is 10.3 Å². The van der Waals surface area contributed by atoms with Crippen LogP contribution < -0.4 is 5.32 Å². The van der Waals surface area contributed by atoms with Crippen molar-refractivity contribution in [3.05, 3.63) is 53.9 Å². The molecule has 1 aromatic heterocycles. The van der Waals surface area contributed by atoms with Crippen molar-refractivity contribution < 1.29 is 5.11 Å². The molecule has 0 bridgehead atoms. The first-order chi connectivity index (χ1) is 10.7. The topological polar surface area (TPSA) is 117 Å². The molecule has 0 spiro atoms. The van der Waals surface area contributed by atoms with Crippen molar-refractivity contribution in [2.75, 3.05) is 5.32 Å². The molecule has 0 saturated carbocycles. The minimum Gasteiger partial charge on any atom is -0.506 e. The highest BCUT2D eigenvalue weighted by atomic mass is 16.3. The number of pyridine rings is 1. The Morgan fingerprint density at radius 3 is 2.23 bits per heavy atom. The molecule has 0 fully saturated rings. The van der Waals surface area contributed by atoms with E-state index in [1.807, 2.05) is 0 Å². The van der Waals surface area contributed by atoms with E-state index in [-0.39, 0.29) is 17.0 Å². The molecule has 1 aromatic carbocycles. The highest BCUT2D eigenvalue weighted by Crippen LogP contribution is 2.27. The minimum absolute atomic E-state index is 0.0667. The normalized spacial score (nSPS) is 8.95. The van der Waals surface area contributed by atoms with Gasteiger partial charge in [-0.25, -0.2) is 0 Å². The monoisotopic (exact) mass is 287 g/mol. The molecule has 0 aliphatic rings. The van der Waals surface area contributed by atoms with E-state index in [4.69, 9.17) is 15.8 Å². The zero-order chi connectivity index (χ0) is 15.9. The second kappa shape index (κ2) is 6.56. The van der Waals surface area contributed by atoms with Crippen LogP contribution in [0.3, 0.4) is 0 Å². The average Bonchev–Trinajstić information content (AvgIpc) is 2.56. The zero-order valence-electron chi connectivity index (χ0n) is 11.3. The third-order valence-corrected chi connectivity index (χ3v) is 2.80. The molecule has 22 heavy (non-hydrogen) atoms. The van der Waals surface area contributed by atoms with Gasteiger partial charge in [0.2, 0.25) is 0 Å². The number of nitrogens with one attached hydrogen (secondary N) is 1. The fourth-order valence-electron chi connectivity index (χ4n) is 1.76. The van der Waals surface area contributed by atoms with E-state index in [0.717, 1.165) is 0 Å². The molecule has 6 nitrogen and oxygen atoms in total. The van der Waals surface area contributed by atoms with E-state index in [9.17, 15) is 5.11 Å². The van der Waals surface area contributed by atoms with Crippen molar-refractivity contribution in [3.63, 3.8) is 0 Å². The van der Waals surface area contributed by atoms with Gasteiger partial charge >= 0.3 is 0 Å². The Morgan fingerprint density at radius 2 is 1.68 bits per heavy atom. The van der Waals surface area contributed by atoms with Crippen LogP contribution in [0, 0.1) is 34.0 Å². The standard InChI is InChI=1S/C16H9N5O/c17-8-12(9-18)14(10-19)21-13-5-3-11(4-6-13)16-15(22)2-1-7-20-16/h1-7,21-22H. The molecule has 0 radical (unpaired) electrons. The Kier molecular flexibility index (Phi) is 4.35. The number of anilines is 1. The fraction of sp³-hybridized carbons (Fsp3) is 0. The number of aromatic hydroxyl groups is 1. The Bertz CT molecular complexity index is 832. The molecule has 6 heteroatoms. The van der Waals surface area contributed by atoms with Gasteiger partial charge in [-0.2, -0.15) is 15.8 Å². The molecule has 0 aliphatic heterocycles. The average molecular weight is 287 g/mol. The number of nitrogens with zero attached hydrogens (tertiary/aromatic N) is 4. The maximum Gasteiger partial charge on any atom is 0.163 e. The number of benzene rings is 1. The summed E-state index contributed by atoms with van der Waals surface area (Å²) in [6, 6.07) is 15.0. The lowest BCUT2D eigenvalue weighted by Crippen LogP contribution is -2.00. The van der Waals surface area contributed by atoms with Gasteiger partial charge in [-0.1, -0.05) is 12.1 Å². The van der Waals surface area contributed by atoms with Crippen molar-refractivity contribution in [1.29, 1.82) is 15.8 Å². The number of allylic oxidation sites excluding steroid dienone is 2. The number of rotatable bonds is 3. The van der Waals surface area contributed by atoms with Crippen molar-refractivity contribution in [2.45, 2.75) is 0 Å². The zero-order valence-corrected chi connectivity index (χ0v) is 11.3. The van der Waals surface area contributed by atoms with Crippen molar-refractivity contribution in [1.82, 2.24) is 4.98 Å². The summed E-state index contributed by atoms with van der Waals surface area (Å²) in [5.74, 6) is 0.0667. The van der Waals surface area contributed by atoms with Crippen LogP contribution in [0.25, 0.3) is 11.3 Å². The predicted molar refractivity (Wildman–Crippen MR) is 78.8 cm³/mol. The first-order valence-corrected chi connectivity index (χ1v) is 6.15. The molecule has 2 aromatic rings. The third-order valence-electron chi connectivity index (χ3n) is 2.80. The summed E-state index contributed by atoms with van der Waals surface area (Å²) in [6.45, 7) is 0. The molecule has 0 amide bonds. The third kappa shape index (κ3) is 3.01. The van der Waals surface area contributed by atoms with Gasteiger partial charge in [0.05, 0.1) is 0 Å². The molecule has 2 rings (SSSR count). The van der Waals surface area contributed by atoms with Crippen LogP contribution in [0.2, 0.25) is 0 Å². The molecular formula is C16H9N5O. The Labute approximate surface area is 126 Å². The molecule has 104 valence electrons. The van der Waals surface area contributed by atoms with Crippen LogP contribution in [0.5, 0.6) is 5.75 Å². The molecular weight excluding hydrogens is 278 g/mol. The van der Waals surface area contributed by atoms with Crippen molar-refractivity contribution in [3.8, 4) is 35.2 Å². The number of hydrogen-bond acceptors (Lipinski definition) is 6. The van der Waals surface area contributed by atoms with Gasteiger partial charge in [0, 0.05) is 17.4 Å². The summed E-state index contributed by atoms with van der Waals surface area (Å²) in [4.78, 5) is 4.09. The van der Waals surface area contributed by atoms with E-state index in [0.29, 0.717) is 16.9 Å². The second-order valence-corrected chi connectivity index (χ2v) is 4.16. The van der Waals surface area contributed by atoms with Gasteiger partial charge in [-0.15, -0.1) is 0 Å². The van der Waals surface area contributed by atoms with Crippen LogP contribution in [0.15, 0.2) is 53.9 Å². The summed E-state index contributed by atoms with van der Waals surface area (Å²) in [5.41, 5.74) is 1.29. The van der Waals surface area contributed by atoms with Gasteiger partial charge in [-0.05, 0) is 24.3 Å². The Hall–Kier alpha value is -3.82. The van der Waals surface area contributed by atoms with Crippen LogP contribution >= 0.6 is 0 Å². The highest BCUT2D eigenvalue weighted by Gasteiger charge is 2.08. The van der Waals surface area contributed by atoms with Crippen molar-refractivity contribution >= 4 is 5.69 Å². The summed E-state index contributed by atoms with van der Waals surface area (Å²) >= 11 is 0. The van der Waals surface area contributed by atoms with Gasteiger partial charge in [0.1, 0.15) is 35.3 Å². The van der Waals surface area contributed by atoms with Crippen LogP contribution in [0.4, 0.5) is 5.69 Å². The SMILES string of the molecule is N#CC(C#N)=C(C#N)Nc1ccc(-c2ncccc2O)cc1. The van der Waals surface area contributed by atoms with E-state index < -0.39 is 0 Å². The van der Waals surface area contributed by atoms with E-state index in [1.54, 1.807) is 54.7 Å². The van der Waals surface area contributed by atoms with Gasteiger partial charge in [-0.3, -0.25) is 4.98 Å². The molecule has 0 aliphatic carbocycles. The summed E-state index contributed by atoms with van der Waals surface area (Å²) < 4.78 is 0. The lowest BCUT2D eigenvalue weighted by molar-refractivity contribution is 0.475. The summed E-state index contributed by atoms with van der Waals surface area (Å²) in [6.07, 6.45) is 1.57. The Balaban J connectivity index is 2.30. The lowest BCUT2D eigenvalue weighted by Gasteiger charge is -2.07. The molecule has 2 N–H and O–H groups in total. The molecule has 1 heterocycles.